The van der Waals surface area contributed by atoms with Crippen molar-refractivity contribution in [3.05, 3.63) is 18.2 Å². The number of ether oxygens (including phenoxy) is 2. The fourth-order valence-electron chi connectivity index (χ4n) is 1.77. The molecular weight excluding hydrogens is 260 g/mol. The Hall–Kier alpha value is -1.40. The quantitative estimate of drug-likeness (QED) is 0.495. The van der Waals surface area contributed by atoms with E-state index in [1.54, 1.807) is 14.2 Å². The molecule has 0 radical (unpaired) electrons. The molecule has 1 aromatic rings. The Morgan fingerprint density at radius 1 is 1.30 bits per heavy atom. The molecule has 0 saturated heterocycles. The van der Waals surface area contributed by atoms with E-state index in [2.05, 4.69) is 28.5 Å². The highest BCUT2D eigenvalue weighted by molar-refractivity contribution is 5.60. The monoisotopic (exact) mass is 286 g/mol. The topological polar surface area (TPSA) is 67.4 Å². The van der Waals surface area contributed by atoms with Crippen LogP contribution in [0.3, 0.4) is 0 Å². The predicted molar refractivity (Wildman–Crippen MR) is 73.0 cm³/mol. The van der Waals surface area contributed by atoms with Gasteiger partial charge < -0.3 is 19.4 Å². The zero-order valence-corrected chi connectivity index (χ0v) is 12.9. The summed E-state index contributed by atoms with van der Waals surface area (Å²) in [4.78, 5) is 8.89. The number of nitrogens with zero attached hydrogens (tertiary/aromatic N) is 2. The van der Waals surface area contributed by atoms with E-state index < -0.39 is 5.97 Å². The fraction of sp³-hybridized carbons (Fsp3) is 0.714. The number of carbonyl (C=O) groups excluding carboxylic acids is 1. The third kappa shape index (κ3) is 8.66. The smallest absolute Gasteiger partial charge is 0.253 e. The molecule has 0 aliphatic rings. The maximum Gasteiger partial charge on any atom is 0.253 e. The first kappa shape index (κ1) is 18.6. The summed E-state index contributed by atoms with van der Waals surface area (Å²) in [7, 11) is 3.49. The third-order valence-corrected chi connectivity index (χ3v) is 2.75. The lowest BCUT2D eigenvalue weighted by Gasteiger charge is -2.01. The molecule has 0 saturated carbocycles. The molecule has 20 heavy (non-hydrogen) atoms. The molecule has 0 aromatic carbocycles. The van der Waals surface area contributed by atoms with Gasteiger partial charge in [-0.05, 0) is 6.92 Å². The summed E-state index contributed by atoms with van der Waals surface area (Å²) in [6.07, 6.45) is 6.39. The van der Waals surface area contributed by atoms with Crippen molar-refractivity contribution in [2.45, 2.75) is 39.8 Å². The summed E-state index contributed by atoms with van der Waals surface area (Å²) in [6.45, 7) is 6.82. The van der Waals surface area contributed by atoms with Gasteiger partial charge in [-0.25, -0.2) is 9.13 Å². The van der Waals surface area contributed by atoms with Gasteiger partial charge in [0, 0.05) is 53.2 Å². The maximum atomic E-state index is 8.89. The largest absolute Gasteiger partial charge is 0.550 e. The van der Waals surface area contributed by atoms with Crippen molar-refractivity contribution < 1.29 is 23.9 Å². The highest BCUT2D eigenvalue weighted by Gasteiger charge is 2.10. The molecule has 0 fully saturated rings. The molecule has 0 N–H and O–H groups in total. The summed E-state index contributed by atoms with van der Waals surface area (Å²) in [6, 6.07) is 0. The molecule has 1 rings (SSSR count). The molecule has 1 aromatic heterocycles. The van der Waals surface area contributed by atoms with Gasteiger partial charge in [-0.2, -0.15) is 0 Å². The Morgan fingerprint density at radius 2 is 1.85 bits per heavy atom. The van der Waals surface area contributed by atoms with E-state index in [-0.39, 0.29) is 0 Å². The van der Waals surface area contributed by atoms with Crippen molar-refractivity contribution >= 4 is 5.97 Å². The number of hydrogen-bond donors (Lipinski definition) is 0. The Morgan fingerprint density at radius 3 is 2.40 bits per heavy atom. The van der Waals surface area contributed by atoms with Crippen LogP contribution in [0.15, 0.2) is 12.4 Å². The fourth-order valence-corrected chi connectivity index (χ4v) is 1.77. The van der Waals surface area contributed by atoms with Gasteiger partial charge in [0.05, 0.1) is 13.1 Å². The molecule has 0 spiro atoms. The molecular formula is C14H26N2O4. The molecule has 0 amide bonds. The van der Waals surface area contributed by atoms with E-state index in [1.807, 2.05) is 0 Å². The van der Waals surface area contributed by atoms with Crippen LogP contribution < -0.4 is 9.67 Å². The van der Waals surface area contributed by atoms with E-state index >= 15 is 0 Å². The van der Waals surface area contributed by atoms with Gasteiger partial charge >= 0.3 is 0 Å². The lowest BCUT2D eigenvalue weighted by atomic mass is 10.4. The summed E-state index contributed by atoms with van der Waals surface area (Å²) in [5, 5.41) is 8.89. The van der Waals surface area contributed by atoms with Gasteiger partial charge in [-0.3, -0.25) is 0 Å². The first-order valence-electron chi connectivity index (χ1n) is 6.73. The van der Waals surface area contributed by atoms with Crippen LogP contribution >= 0.6 is 0 Å². The van der Waals surface area contributed by atoms with Gasteiger partial charge in [-0.15, -0.1) is 0 Å². The van der Waals surface area contributed by atoms with E-state index in [0.29, 0.717) is 0 Å². The zero-order valence-electron chi connectivity index (χ0n) is 12.9. The summed E-state index contributed by atoms with van der Waals surface area (Å²) < 4.78 is 14.6. The van der Waals surface area contributed by atoms with E-state index in [9.17, 15) is 0 Å². The predicted octanol–water partition coefficient (Wildman–Crippen LogP) is -0.0868. The second-order valence-corrected chi connectivity index (χ2v) is 4.42. The maximum absolute atomic E-state index is 8.89. The van der Waals surface area contributed by atoms with E-state index in [4.69, 9.17) is 19.4 Å². The lowest BCUT2D eigenvalue weighted by molar-refractivity contribution is -0.703. The Labute approximate surface area is 120 Å². The Bertz CT molecular complexity index is 346. The minimum atomic E-state index is -1.08. The van der Waals surface area contributed by atoms with Crippen molar-refractivity contribution in [1.82, 2.24) is 4.57 Å². The number of aromatic nitrogens is 2. The lowest BCUT2D eigenvalue weighted by Crippen LogP contribution is -2.36. The summed E-state index contributed by atoms with van der Waals surface area (Å²) in [5.74, 6) is 0.215. The molecule has 6 heteroatoms. The second kappa shape index (κ2) is 11.4. The standard InChI is InChI=1S/C12H23N2O2.C2H4O2/c1-12-13(6-4-10-15-2)8-9-14(12)7-5-11-16-3;1-2(3)4/h8-9H,4-7,10-11H2,1-3H3;1H3,(H,3,4)/q+1;/p-1. The van der Waals surface area contributed by atoms with E-state index in [0.717, 1.165) is 46.1 Å². The van der Waals surface area contributed by atoms with Gasteiger partial charge in [0.15, 0.2) is 0 Å². The molecule has 0 unspecified atom stereocenters. The van der Waals surface area contributed by atoms with Crippen molar-refractivity contribution in [2.75, 3.05) is 27.4 Å². The Kier molecular flexibility index (Phi) is 10.6. The number of carboxylic acid groups (broad SMARTS) is 1. The van der Waals surface area contributed by atoms with Crippen LogP contribution in [0.5, 0.6) is 0 Å². The van der Waals surface area contributed by atoms with Crippen LogP contribution in [-0.4, -0.2) is 38.0 Å². The molecule has 6 nitrogen and oxygen atoms in total. The van der Waals surface area contributed by atoms with Gasteiger partial charge in [0.1, 0.15) is 12.4 Å². The zero-order chi connectivity index (χ0) is 15.4. The van der Waals surface area contributed by atoms with Crippen molar-refractivity contribution in [3.8, 4) is 0 Å². The molecule has 0 aliphatic carbocycles. The van der Waals surface area contributed by atoms with Crippen molar-refractivity contribution in [1.29, 1.82) is 0 Å². The van der Waals surface area contributed by atoms with E-state index in [1.165, 1.54) is 5.82 Å². The van der Waals surface area contributed by atoms with Gasteiger partial charge in [-0.1, -0.05) is 0 Å². The second-order valence-electron chi connectivity index (χ2n) is 4.42. The van der Waals surface area contributed by atoms with Crippen LogP contribution in [0.2, 0.25) is 0 Å². The highest BCUT2D eigenvalue weighted by Crippen LogP contribution is 1.97. The van der Waals surface area contributed by atoms with Crippen LogP contribution in [0.4, 0.5) is 0 Å². The van der Waals surface area contributed by atoms with Crippen molar-refractivity contribution in [2.24, 2.45) is 0 Å². The van der Waals surface area contributed by atoms with Crippen LogP contribution in [0.25, 0.3) is 0 Å². The molecule has 0 aliphatic heterocycles. The number of rotatable bonds is 8. The SMILES string of the molecule is CC(=O)[O-].COCCCn1cc[n+](CCCOC)c1C. The minimum absolute atomic E-state index is 0.821. The Balaban J connectivity index is 0.000000796. The van der Waals surface area contributed by atoms with Gasteiger partial charge in [0.2, 0.25) is 0 Å². The average molecular weight is 286 g/mol. The number of hydrogen-bond acceptors (Lipinski definition) is 4. The highest BCUT2D eigenvalue weighted by atomic mass is 16.5. The number of imidazole rings is 1. The third-order valence-electron chi connectivity index (χ3n) is 2.75. The normalized spacial score (nSPS) is 10.0. The first-order valence-corrected chi connectivity index (χ1v) is 6.73. The summed E-state index contributed by atoms with van der Waals surface area (Å²) >= 11 is 0. The average Bonchev–Trinajstić information content (AvgIpc) is 2.72. The molecule has 1 heterocycles. The number of carboxylic acids is 1. The molecule has 116 valence electrons. The molecule has 0 atom stereocenters. The van der Waals surface area contributed by atoms with Crippen molar-refractivity contribution in [3.63, 3.8) is 0 Å². The summed E-state index contributed by atoms with van der Waals surface area (Å²) in [5.41, 5.74) is 0. The number of methoxy groups -OCH3 is 2. The number of carbonyl (C=O) groups is 1. The number of aliphatic carboxylic acids is 1. The van der Waals surface area contributed by atoms with Crippen LogP contribution in [0, 0.1) is 6.92 Å². The van der Waals surface area contributed by atoms with Crippen LogP contribution in [-0.2, 0) is 27.4 Å². The first-order chi connectivity index (χ1) is 9.52. The minimum Gasteiger partial charge on any atom is -0.550 e. The number of aryl methyl sites for hydroxylation is 2. The van der Waals surface area contributed by atoms with Gasteiger partial charge in [0.25, 0.3) is 5.82 Å². The van der Waals surface area contributed by atoms with Crippen LogP contribution in [0.1, 0.15) is 25.6 Å². The molecule has 0 bridgehead atoms.